The number of rotatable bonds is 4. The number of anilines is 1. The van der Waals surface area contributed by atoms with Crippen molar-refractivity contribution in [2.75, 3.05) is 12.3 Å². The molecule has 0 radical (unpaired) electrons. The maximum absolute atomic E-state index is 12.1. The highest BCUT2D eigenvalue weighted by Crippen LogP contribution is 2.18. The number of nitrogens with one attached hydrogen (secondary N) is 1. The summed E-state index contributed by atoms with van der Waals surface area (Å²) in [6.07, 6.45) is 0.928. The van der Waals surface area contributed by atoms with Crippen LogP contribution in [0.1, 0.15) is 50.3 Å². The number of aryl methyl sites for hydroxylation is 2. The summed E-state index contributed by atoms with van der Waals surface area (Å²) in [5.41, 5.74) is 7.76. The number of hydrogen-bond acceptors (Lipinski definition) is 3. The molecule has 18 heavy (non-hydrogen) atoms. The highest BCUT2D eigenvalue weighted by atomic mass is 16.2. The number of nitrogens with zero attached hydrogens (tertiary/aromatic N) is 2. The first-order valence-corrected chi connectivity index (χ1v) is 6.37. The standard InChI is InChI=1S/C13H24N4O/c1-6-17-11(10(14)9(2)16-17)12(18)15-8-7-13(3,4)5/h6-8,14H2,1-5H3,(H,15,18). The topological polar surface area (TPSA) is 72.9 Å². The van der Waals surface area contributed by atoms with Crippen molar-refractivity contribution < 1.29 is 4.79 Å². The first-order chi connectivity index (χ1) is 8.26. The first kappa shape index (κ1) is 14.5. The maximum Gasteiger partial charge on any atom is 0.271 e. The molecule has 0 aliphatic heterocycles. The van der Waals surface area contributed by atoms with Gasteiger partial charge in [0, 0.05) is 13.1 Å². The van der Waals surface area contributed by atoms with Gasteiger partial charge in [0.2, 0.25) is 0 Å². The van der Waals surface area contributed by atoms with Gasteiger partial charge in [0.05, 0.1) is 11.4 Å². The molecule has 5 nitrogen and oxygen atoms in total. The molecule has 0 aliphatic rings. The van der Waals surface area contributed by atoms with E-state index >= 15 is 0 Å². The number of nitrogen functional groups attached to an aromatic ring is 1. The molecule has 0 aromatic carbocycles. The average Bonchev–Trinajstić information content (AvgIpc) is 2.53. The molecule has 1 rings (SSSR count). The van der Waals surface area contributed by atoms with Gasteiger partial charge in [-0.2, -0.15) is 5.10 Å². The number of aromatic nitrogens is 2. The molecule has 0 fully saturated rings. The Kier molecular flexibility index (Phi) is 4.38. The molecule has 102 valence electrons. The number of amides is 1. The smallest absolute Gasteiger partial charge is 0.271 e. The van der Waals surface area contributed by atoms with Crippen LogP contribution in [0.15, 0.2) is 0 Å². The Balaban J connectivity index is 2.73. The summed E-state index contributed by atoms with van der Waals surface area (Å²) in [6.45, 7) is 11.5. The van der Waals surface area contributed by atoms with Crippen molar-refractivity contribution in [1.82, 2.24) is 15.1 Å². The summed E-state index contributed by atoms with van der Waals surface area (Å²) in [5.74, 6) is -0.140. The molecule has 1 amide bonds. The van der Waals surface area contributed by atoms with E-state index in [1.165, 1.54) is 0 Å². The van der Waals surface area contributed by atoms with Crippen molar-refractivity contribution in [3.63, 3.8) is 0 Å². The molecule has 0 atom stereocenters. The van der Waals surface area contributed by atoms with Crippen molar-refractivity contribution >= 4 is 11.6 Å². The van der Waals surface area contributed by atoms with E-state index in [1.54, 1.807) is 4.68 Å². The van der Waals surface area contributed by atoms with Gasteiger partial charge < -0.3 is 11.1 Å². The third-order valence-corrected chi connectivity index (χ3v) is 2.85. The monoisotopic (exact) mass is 252 g/mol. The summed E-state index contributed by atoms with van der Waals surface area (Å²) in [7, 11) is 0. The molecule has 0 spiro atoms. The molecule has 1 aromatic rings. The van der Waals surface area contributed by atoms with Gasteiger partial charge in [-0.05, 0) is 25.7 Å². The van der Waals surface area contributed by atoms with Crippen LogP contribution < -0.4 is 11.1 Å². The van der Waals surface area contributed by atoms with Crippen LogP contribution in [-0.2, 0) is 6.54 Å². The van der Waals surface area contributed by atoms with E-state index < -0.39 is 0 Å². The summed E-state index contributed by atoms with van der Waals surface area (Å²) >= 11 is 0. The molecule has 1 heterocycles. The summed E-state index contributed by atoms with van der Waals surface area (Å²) in [6, 6.07) is 0. The zero-order chi connectivity index (χ0) is 13.9. The van der Waals surface area contributed by atoms with Gasteiger partial charge in [-0.25, -0.2) is 0 Å². The minimum atomic E-state index is -0.140. The van der Waals surface area contributed by atoms with Crippen LogP contribution in [0.5, 0.6) is 0 Å². The normalized spacial score (nSPS) is 11.6. The first-order valence-electron chi connectivity index (χ1n) is 6.37. The third kappa shape index (κ3) is 3.48. The SMILES string of the molecule is CCn1nc(C)c(N)c1C(=O)NCCC(C)(C)C. The number of hydrogen-bond donors (Lipinski definition) is 2. The second kappa shape index (κ2) is 5.42. The van der Waals surface area contributed by atoms with Crippen LogP contribution in [0.25, 0.3) is 0 Å². The fraction of sp³-hybridized carbons (Fsp3) is 0.692. The zero-order valence-electron chi connectivity index (χ0n) is 12.0. The number of carbonyl (C=O) groups excluding carboxylic acids is 1. The predicted octanol–water partition coefficient (Wildman–Crippen LogP) is 1.96. The zero-order valence-corrected chi connectivity index (χ0v) is 12.0. The van der Waals surface area contributed by atoms with E-state index in [0.717, 1.165) is 6.42 Å². The van der Waals surface area contributed by atoms with Crippen molar-refractivity contribution in [2.45, 2.75) is 47.6 Å². The van der Waals surface area contributed by atoms with Crippen molar-refractivity contribution in [3.8, 4) is 0 Å². The molecular formula is C13H24N4O. The Morgan fingerprint density at radius 3 is 2.56 bits per heavy atom. The summed E-state index contributed by atoms with van der Waals surface area (Å²) < 4.78 is 1.65. The predicted molar refractivity (Wildman–Crippen MR) is 73.5 cm³/mol. The van der Waals surface area contributed by atoms with E-state index in [1.807, 2.05) is 13.8 Å². The fourth-order valence-electron chi connectivity index (χ4n) is 1.70. The van der Waals surface area contributed by atoms with Crippen molar-refractivity contribution in [3.05, 3.63) is 11.4 Å². The lowest BCUT2D eigenvalue weighted by Gasteiger charge is -2.18. The van der Waals surface area contributed by atoms with Crippen LogP contribution in [0.3, 0.4) is 0 Å². The highest BCUT2D eigenvalue weighted by molar-refractivity contribution is 5.97. The Bertz CT molecular complexity index is 429. The second-order valence-corrected chi connectivity index (χ2v) is 5.73. The van der Waals surface area contributed by atoms with Crippen molar-refractivity contribution in [1.29, 1.82) is 0 Å². The van der Waals surface area contributed by atoms with E-state index in [9.17, 15) is 4.79 Å². The Labute approximate surface area is 109 Å². The minimum absolute atomic E-state index is 0.140. The van der Waals surface area contributed by atoms with Crippen LogP contribution in [0, 0.1) is 12.3 Å². The number of carbonyl (C=O) groups is 1. The van der Waals surface area contributed by atoms with E-state index in [0.29, 0.717) is 30.2 Å². The van der Waals surface area contributed by atoms with Gasteiger partial charge in [0.1, 0.15) is 5.69 Å². The lowest BCUT2D eigenvalue weighted by Crippen LogP contribution is -2.29. The summed E-state index contributed by atoms with van der Waals surface area (Å²) in [5, 5.41) is 7.14. The third-order valence-electron chi connectivity index (χ3n) is 2.85. The molecule has 1 aromatic heterocycles. The number of nitrogens with two attached hydrogens (primary N) is 1. The van der Waals surface area contributed by atoms with E-state index in [-0.39, 0.29) is 11.3 Å². The lowest BCUT2D eigenvalue weighted by molar-refractivity contribution is 0.0940. The van der Waals surface area contributed by atoms with E-state index in [4.69, 9.17) is 5.73 Å². The molecule has 0 saturated carbocycles. The Hall–Kier alpha value is -1.52. The van der Waals surface area contributed by atoms with Crippen LogP contribution >= 0.6 is 0 Å². The Morgan fingerprint density at radius 1 is 1.44 bits per heavy atom. The molecule has 5 heteroatoms. The molecule has 3 N–H and O–H groups in total. The van der Waals surface area contributed by atoms with Gasteiger partial charge in [0.25, 0.3) is 5.91 Å². The molecular weight excluding hydrogens is 228 g/mol. The molecule has 0 bridgehead atoms. The highest BCUT2D eigenvalue weighted by Gasteiger charge is 2.19. The van der Waals surface area contributed by atoms with Gasteiger partial charge >= 0.3 is 0 Å². The average molecular weight is 252 g/mol. The molecule has 0 aliphatic carbocycles. The van der Waals surface area contributed by atoms with Crippen molar-refractivity contribution in [2.24, 2.45) is 5.41 Å². The quantitative estimate of drug-likeness (QED) is 0.860. The summed E-state index contributed by atoms with van der Waals surface area (Å²) in [4.78, 5) is 12.1. The molecule has 0 unspecified atom stereocenters. The minimum Gasteiger partial charge on any atom is -0.395 e. The van der Waals surface area contributed by atoms with Crippen LogP contribution in [0.2, 0.25) is 0 Å². The van der Waals surface area contributed by atoms with Gasteiger partial charge in [-0.1, -0.05) is 20.8 Å². The maximum atomic E-state index is 12.1. The fourth-order valence-corrected chi connectivity index (χ4v) is 1.70. The molecule has 0 saturated heterocycles. The second-order valence-electron chi connectivity index (χ2n) is 5.73. The van der Waals surface area contributed by atoms with Crippen LogP contribution in [0.4, 0.5) is 5.69 Å². The van der Waals surface area contributed by atoms with Crippen LogP contribution in [-0.4, -0.2) is 22.2 Å². The lowest BCUT2D eigenvalue weighted by atomic mass is 9.92. The van der Waals surface area contributed by atoms with Gasteiger partial charge in [-0.3, -0.25) is 9.48 Å². The Morgan fingerprint density at radius 2 is 2.06 bits per heavy atom. The van der Waals surface area contributed by atoms with Gasteiger partial charge in [-0.15, -0.1) is 0 Å². The van der Waals surface area contributed by atoms with E-state index in [2.05, 4.69) is 31.2 Å². The van der Waals surface area contributed by atoms with Gasteiger partial charge in [0.15, 0.2) is 0 Å². The largest absolute Gasteiger partial charge is 0.395 e.